The molecule has 6 heteroatoms. The predicted molar refractivity (Wildman–Crippen MR) is 89.6 cm³/mol. The highest BCUT2D eigenvalue weighted by atomic mass is 16.4. The molecule has 1 aromatic carbocycles. The van der Waals surface area contributed by atoms with Crippen molar-refractivity contribution >= 4 is 29.2 Å². The largest absolute Gasteiger partial charge is 0.478 e. The van der Waals surface area contributed by atoms with Gasteiger partial charge in [-0.3, -0.25) is 9.59 Å². The molecule has 126 valence electrons. The Morgan fingerprint density at radius 1 is 0.783 bits per heavy atom. The van der Waals surface area contributed by atoms with Gasteiger partial charge in [0.05, 0.1) is 5.56 Å². The van der Waals surface area contributed by atoms with Crippen molar-refractivity contribution in [2.45, 2.75) is 41.5 Å². The highest BCUT2D eigenvalue weighted by Gasteiger charge is 2.23. The van der Waals surface area contributed by atoms with Crippen LogP contribution in [0.25, 0.3) is 0 Å². The summed E-state index contributed by atoms with van der Waals surface area (Å²) < 4.78 is 0. The van der Waals surface area contributed by atoms with Gasteiger partial charge in [0.1, 0.15) is 0 Å². The fourth-order valence-electron chi connectivity index (χ4n) is 1.53. The second-order valence-electron chi connectivity index (χ2n) is 7.51. The number of carboxylic acids is 1. The smallest absolute Gasteiger partial charge is 0.335 e. The molecule has 0 saturated heterocycles. The molecule has 0 radical (unpaired) electrons. The fourth-order valence-corrected chi connectivity index (χ4v) is 1.53. The molecule has 0 bridgehead atoms. The van der Waals surface area contributed by atoms with Crippen molar-refractivity contribution in [3.63, 3.8) is 0 Å². The molecule has 1 aromatic rings. The number of hydrogen-bond donors (Lipinski definition) is 3. The summed E-state index contributed by atoms with van der Waals surface area (Å²) >= 11 is 0. The normalized spacial score (nSPS) is 11.7. The molecule has 0 aliphatic heterocycles. The monoisotopic (exact) mass is 320 g/mol. The number of carboxylic acid groups (broad SMARTS) is 1. The lowest BCUT2D eigenvalue weighted by molar-refractivity contribution is -0.123. The van der Waals surface area contributed by atoms with Crippen molar-refractivity contribution in [2.24, 2.45) is 10.8 Å². The molecule has 0 spiro atoms. The molecule has 0 heterocycles. The number of carbonyl (C=O) groups excluding carboxylic acids is 2. The van der Waals surface area contributed by atoms with Crippen molar-refractivity contribution in [3.05, 3.63) is 23.8 Å². The second-order valence-corrected chi connectivity index (χ2v) is 7.51. The van der Waals surface area contributed by atoms with Crippen LogP contribution in [-0.2, 0) is 9.59 Å². The number of nitrogens with one attached hydrogen (secondary N) is 2. The van der Waals surface area contributed by atoms with E-state index in [9.17, 15) is 19.5 Å². The molecule has 0 atom stereocenters. The van der Waals surface area contributed by atoms with E-state index in [2.05, 4.69) is 10.6 Å². The van der Waals surface area contributed by atoms with E-state index in [0.29, 0.717) is 11.4 Å². The Morgan fingerprint density at radius 3 is 1.39 bits per heavy atom. The third-order valence-corrected chi connectivity index (χ3v) is 3.06. The molecule has 0 fully saturated rings. The molecule has 0 unspecified atom stereocenters. The SMILES string of the molecule is CC(C)(C)C(=O)Nc1cc(NC(=O)C(C)(C)C)cc(C(=O)O)c1. The van der Waals surface area contributed by atoms with E-state index >= 15 is 0 Å². The fraction of sp³-hybridized carbons (Fsp3) is 0.471. The number of benzene rings is 1. The standard InChI is InChI=1S/C17H24N2O4/c1-16(2,3)14(22)18-11-7-10(13(20)21)8-12(9-11)19-15(23)17(4,5)6/h7-9H,1-6H3,(H,18,22)(H,19,23)(H,20,21). The Hall–Kier alpha value is -2.37. The Labute approximate surface area is 136 Å². The third kappa shape index (κ3) is 5.39. The van der Waals surface area contributed by atoms with Crippen LogP contribution >= 0.6 is 0 Å². The highest BCUT2D eigenvalue weighted by molar-refractivity contribution is 6.00. The van der Waals surface area contributed by atoms with E-state index in [1.807, 2.05) is 0 Å². The van der Waals surface area contributed by atoms with Crippen molar-refractivity contribution in [3.8, 4) is 0 Å². The van der Waals surface area contributed by atoms with Crippen LogP contribution < -0.4 is 10.6 Å². The lowest BCUT2D eigenvalue weighted by Gasteiger charge is -2.20. The average molecular weight is 320 g/mol. The van der Waals surface area contributed by atoms with Crippen molar-refractivity contribution in [1.29, 1.82) is 0 Å². The van der Waals surface area contributed by atoms with Gasteiger partial charge in [0.2, 0.25) is 11.8 Å². The molecule has 6 nitrogen and oxygen atoms in total. The van der Waals surface area contributed by atoms with E-state index in [0.717, 1.165) is 0 Å². The van der Waals surface area contributed by atoms with Gasteiger partial charge in [0, 0.05) is 22.2 Å². The van der Waals surface area contributed by atoms with E-state index in [-0.39, 0.29) is 17.4 Å². The zero-order valence-electron chi connectivity index (χ0n) is 14.4. The van der Waals surface area contributed by atoms with Crippen molar-refractivity contribution in [1.82, 2.24) is 0 Å². The van der Waals surface area contributed by atoms with Gasteiger partial charge in [-0.25, -0.2) is 4.79 Å². The van der Waals surface area contributed by atoms with Gasteiger partial charge in [0.15, 0.2) is 0 Å². The van der Waals surface area contributed by atoms with Crippen molar-refractivity contribution < 1.29 is 19.5 Å². The summed E-state index contributed by atoms with van der Waals surface area (Å²) in [6.07, 6.45) is 0. The molecule has 3 N–H and O–H groups in total. The number of anilines is 2. The number of hydrogen-bond acceptors (Lipinski definition) is 3. The lowest BCUT2D eigenvalue weighted by atomic mass is 9.95. The minimum Gasteiger partial charge on any atom is -0.478 e. The summed E-state index contributed by atoms with van der Waals surface area (Å²) in [5, 5.41) is 14.5. The first kappa shape index (κ1) is 18.7. The summed E-state index contributed by atoms with van der Waals surface area (Å²) in [5.41, 5.74) is -0.591. The summed E-state index contributed by atoms with van der Waals surface area (Å²) in [4.78, 5) is 35.4. The molecular weight excluding hydrogens is 296 g/mol. The van der Waals surface area contributed by atoms with Crippen LogP contribution in [0.4, 0.5) is 11.4 Å². The van der Waals surface area contributed by atoms with Crippen LogP contribution in [0.5, 0.6) is 0 Å². The van der Waals surface area contributed by atoms with Crippen LogP contribution in [0.2, 0.25) is 0 Å². The average Bonchev–Trinajstić information content (AvgIpc) is 2.35. The van der Waals surface area contributed by atoms with E-state index in [1.54, 1.807) is 47.6 Å². The maximum Gasteiger partial charge on any atom is 0.335 e. The number of carbonyl (C=O) groups is 3. The first-order valence-corrected chi connectivity index (χ1v) is 7.32. The lowest BCUT2D eigenvalue weighted by Crippen LogP contribution is -2.29. The van der Waals surface area contributed by atoms with Crippen LogP contribution in [0.1, 0.15) is 51.9 Å². The van der Waals surface area contributed by atoms with Gasteiger partial charge in [-0.15, -0.1) is 0 Å². The highest BCUT2D eigenvalue weighted by Crippen LogP contribution is 2.24. The minimum absolute atomic E-state index is 0.0130. The third-order valence-electron chi connectivity index (χ3n) is 3.06. The number of amides is 2. The van der Waals surface area contributed by atoms with Gasteiger partial charge in [-0.2, -0.15) is 0 Å². The quantitative estimate of drug-likeness (QED) is 0.795. The molecule has 23 heavy (non-hydrogen) atoms. The molecule has 0 saturated carbocycles. The van der Waals surface area contributed by atoms with E-state index < -0.39 is 16.8 Å². The maximum absolute atomic E-state index is 12.1. The topological polar surface area (TPSA) is 95.5 Å². The second kappa shape index (κ2) is 6.40. The summed E-state index contributed by atoms with van der Waals surface area (Å²) in [6.45, 7) is 10.5. The zero-order chi connectivity index (χ0) is 18.0. The molecule has 0 aliphatic carbocycles. The Morgan fingerprint density at radius 2 is 1.13 bits per heavy atom. The first-order valence-electron chi connectivity index (χ1n) is 7.32. The predicted octanol–water partition coefficient (Wildman–Crippen LogP) is 3.35. The maximum atomic E-state index is 12.1. The summed E-state index contributed by atoms with van der Waals surface area (Å²) in [5.74, 6) is -1.62. The summed E-state index contributed by atoms with van der Waals surface area (Å²) in [7, 11) is 0. The van der Waals surface area contributed by atoms with Gasteiger partial charge in [-0.05, 0) is 18.2 Å². The van der Waals surface area contributed by atoms with Gasteiger partial charge < -0.3 is 15.7 Å². The number of aromatic carboxylic acids is 1. The van der Waals surface area contributed by atoms with Crippen LogP contribution in [0, 0.1) is 10.8 Å². The molecule has 0 aliphatic rings. The van der Waals surface area contributed by atoms with Crippen LogP contribution in [0.15, 0.2) is 18.2 Å². The molecular formula is C17H24N2O4. The van der Waals surface area contributed by atoms with E-state index in [4.69, 9.17) is 0 Å². The molecule has 0 aromatic heterocycles. The molecule has 1 rings (SSSR count). The minimum atomic E-state index is -1.14. The van der Waals surface area contributed by atoms with Gasteiger partial charge >= 0.3 is 5.97 Å². The summed E-state index contributed by atoms with van der Waals surface area (Å²) in [6, 6.07) is 4.26. The first-order chi connectivity index (χ1) is 10.3. The van der Waals surface area contributed by atoms with Crippen LogP contribution in [-0.4, -0.2) is 22.9 Å². The Bertz CT molecular complexity index is 591. The Kier molecular flexibility index (Phi) is 5.20. The molecule has 2 amide bonds. The van der Waals surface area contributed by atoms with Gasteiger partial charge in [-0.1, -0.05) is 41.5 Å². The Balaban J connectivity index is 3.16. The van der Waals surface area contributed by atoms with Gasteiger partial charge in [0.25, 0.3) is 0 Å². The van der Waals surface area contributed by atoms with Crippen molar-refractivity contribution in [2.75, 3.05) is 10.6 Å². The van der Waals surface area contributed by atoms with E-state index in [1.165, 1.54) is 12.1 Å². The zero-order valence-corrected chi connectivity index (χ0v) is 14.4. The van der Waals surface area contributed by atoms with Crippen LogP contribution in [0.3, 0.4) is 0 Å². The number of rotatable bonds is 3.